The Morgan fingerprint density at radius 3 is 2.63 bits per heavy atom. The molecule has 160 valence electrons. The van der Waals surface area contributed by atoms with Gasteiger partial charge in [-0.25, -0.2) is 4.68 Å². The Bertz CT molecular complexity index is 979. The molecular weight excluding hydrogens is 513 g/mol. The van der Waals surface area contributed by atoms with E-state index >= 15 is 0 Å². The third-order valence-electron chi connectivity index (χ3n) is 5.26. The van der Waals surface area contributed by atoms with Crippen LogP contribution in [-0.2, 0) is 20.0 Å². The van der Waals surface area contributed by atoms with Crippen LogP contribution in [0, 0.1) is 5.92 Å². The van der Waals surface area contributed by atoms with Crippen LogP contribution in [0.3, 0.4) is 0 Å². The lowest BCUT2D eigenvalue weighted by Gasteiger charge is -2.21. The minimum atomic E-state index is 0. The van der Waals surface area contributed by atoms with E-state index in [4.69, 9.17) is 11.6 Å². The molecule has 30 heavy (non-hydrogen) atoms. The monoisotopic (exact) mass is 539 g/mol. The largest absolute Gasteiger partial charge is 0.352 e. The number of benzene rings is 1. The Morgan fingerprint density at radius 2 is 1.93 bits per heavy atom. The van der Waals surface area contributed by atoms with Crippen molar-refractivity contribution in [2.75, 3.05) is 20.1 Å². The van der Waals surface area contributed by atoms with Crippen molar-refractivity contribution in [3.63, 3.8) is 0 Å². The fraction of sp³-hybridized carbons (Fsp3) is 0.381. The molecule has 3 aromatic rings. The highest BCUT2D eigenvalue weighted by Gasteiger charge is 2.25. The Labute approximate surface area is 199 Å². The normalized spacial score (nSPS) is 16.6. The number of aromatic nitrogens is 4. The maximum absolute atomic E-state index is 5.96. The quantitative estimate of drug-likeness (QED) is 0.306. The predicted octanol–water partition coefficient (Wildman–Crippen LogP) is 3.52. The van der Waals surface area contributed by atoms with Crippen molar-refractivity contribution in [1.82, 2.24) is 29.8 Å². The van der Waals surface area contributed by atoms with Gasteiger partial charge in [-0.15, -0.1) is 24.0 Å². The summed E-state index contributed by atoms with van der Waals surface area (Å²) in [5.41, 5.74) is 3.40. The Hall–Kier alpha value is -2.07. The fourth-order valence-corrected chi connectivity index (χ4v) is 3.93. The first-order valence-corrected chi connectivity index (χ1v) is 10.2. The summed E-state index contributed by atoms with van der Waals surface area (Å²) >= 11 is 5.96. The number of nitrogens with one attached hydrogen (secondary N) is 1. The molecule has 1 aromatic carbocycles. The summed E-state index contributed by atoms with van der Waals surface area (Å²) in [5.74, 6) is 1.57. The molecule has 0 amide bonds. The van der Waals surface area contributed by atoms with Crippen LogP contribution in [0.2, 0.25) is 5.02 Å². The van der Waals surface area contributed by atoms with Crippen molar-refractivity contribution >= 4 is 41.5 Å². The average molecular weight is 540 g/mol. The first-order valence-electron chi connectivity index (χ1n) is 9.83. The highest BCUT2D eigenvalue weighted by molar-refractivity contribution is 14.0. The third kappa shape index (κ3) is 5.54. The summed E-state index contributed by atoms with van der Waals surface area (Å²) in [6, 6.07) is 7.65. The number of rotatable bonds is 5. The molecule has 2 aromatic heterocycles. The van der Waals surface area contributed by atoms with Gasteiger partial charge in [-0.3, -0.25) is 9.67 Å². The minimum Gasteiger partial charge on any atom is -0.352 e. The molecule has 0 spiro atoms. The summed E-state index contributed by atoms with van der Waals surface area (Å²) < 4.78 is 3.72. The lowest BCUT2D eigenvalue weighted by Crippen LogP contribution is -2.39. The zero-order chi connectivity index (χ0) is 20.2. The van der Waals surface area contributed by atoms with Gasteiger partial charge in [-0.1, -0.05) is 11.6 Å². The molecule has 1 saturated heterocycles. The van der Waals surface area contributed by atoms with Crippen LogP contribution in [0.25, 0.3) is 5.69 Å². The highest BCUT2D eigenvalue weighted by Crippen LogP contribution is 2.21. The second-order valence-corrected chi connectivity index (χ2v) is 7.93. The topological polar surface area (TPSA) is 63.3 Å². The van der Waals surface area contributed by atoms with Crippen LogP contribution >= 0.6 is 35.6 Å². The van der Waals surface area contributed by atoms with Crippen molar-refractivity contribution in [3.05, 3.63) is 65.2 Å². The number of aryl methyl sites for hydroxylation is 1. The first-order chi connectivity index (χ1) is 14.1. The SMILES string of the molecule is CN=C(NCc1cnn(-c2ccc(Cl)cc2)c1)N1CCC(Cc2cnn(C)c2)C1.I. The van der Waals surface area contributed by atoms with Gasteiger partial charge in [0.1, 0.15) is 0 Å². The van der Waals surface area contributed by atoms with Crippen molar-refractivity contribution in [1.29, 1.82) is 0 Å². The van der Waals surface area contributed by atoms with Crippen molar-refractivity contribution in [2.24, 2.45) is 18.0 Å². The smallest absolute Gasteiger partial charge is 0.193 e. The molecule has 0 bridgehead atoms. The Balaban J connectivity index is 0.00000256. The Kier molecular flexibility index (Phi) is 7.76. The van der Waals surface area contributed by atoms with Gasteiger partial charge in [0, 0.05) is 56.7 Å². The van der Waals surface area contributed by atoms with Gasteiger partial charge in [0.25, 0.3) is 0 Å². The molecule has 0 saturated carbocycles. The van der Waals surface area contributed by atoms with Gasteiger partial charge in [0.05, 0.1) is 18.1 Å². The lowest BCUT2D eigenvalue weighted by atomic mass is 10.0. The van der Waals surface area contributed by atoms with Gasteiger partial charge in [-0.2, -0.15) is 10.2 Å². The molecule has 1 aliphatic heterocycles. The van der Waals surface area contributed by atoms with E-state index in [1.54, 1.807) is 0 Å². The second kappa shape index (κ2) is 10.3. The molecule has 7 nitrogen and oxygen atoms in total. The van der Waals surface area contributed by atoms with Crippen LogP contribution in [0.4, 0.5) is 0 Å². The predicted molar refractivity (Wildman–Crippen MR) is 131 cm³/mol. The summed E-state index contributed by atoms with van der Waals surface area (Å²) in [6.45, 7) is 2.72. The van der Waals surface area contributed by atoms with Gasteiger partial charge in [0.2, 0.25) is 0 Å². The van der Waals surface area contributed by atoms with E-state index in [0.717, 1.165) is 41.7 Å². The molecule has 9 heteroatoms. The van der Waals surface area contributed by atoms with Crippen LogP contribution in [0.15, 0.2) is 54.0 Å². The maximum Gasteiger partial charge on any atom is 0.193 e. The number of nitrogens with zero attached hydrogens (tertiary/aromatic N) is 6. The van der Waals surface area contributed by atoms with E-state index in [1.807, 2.05) is 66.3 Å². The number of hydrogen-bond acceptors (Lipinski definition) is 3. The van der Waals surface area contributed by atoms with E-state index in [2.05, 4.69) is 31.6 Å². The maximum atomic E-state index is 5.96. The minimum absolute atomic E-state index is 0. The fourth-order valence-electron chi connectivity index (χ4n) is 3.80. The van der Waals surface area contributed by atoms with E-state index in [1.165, 1.54) is 12.0 Å². The lowest BCUT2D eigenvalue weighted by molar-refractivity contribution is 0.459. The number of hydrogen-bond donors (Lipinski definition) is 1. The van der Waals surface area contributed by atoms with Gasteiger partial charge >= 0.3 is 0 Å². The molecule has 1 N–H and O–H groups in total. The van der Waals surface area contributed by atoms with Crippen LogP contribution in [-0.4, -0.2) is 50.6 Å². The summed E-state index contributed by atoms with van der Waals surface area (Å²) in [4.78, 5) is 6.82. The van der Waals surface area contributed by atoms with E-state index in [0.29, 0.717) is 12.5 Å². The third-order valence-corrected chi connectivity index (χ3v) is 5.51. The molecule has 0 aliphatic carbocycles. The van der Waals surface area contributed by atoms with Gasteiger partial charge in [-0.05, 0) is 48.6 Å². The molecule has 4 rings (SSSR count). The van der Waals surface area contributed by atoms with Crippen LogP contribution in [0.1, 0.15) is 17.5 Å². The molecule has 0 radical (unpaired) electrons. The molecular formula is C21H27ClIN7. The first kappa shape index (κ1) is 22.6. The van der Waals surface area contributed by atoms with Crippen molar-refractivity contribution in [2.45, 2.75) is 19.4 Å². The van der Waals surface area contributed by atoms with E-state index in [9.17, 15) is 0 Å². The number of halogens is 2. The van der Waals surface area contributed by atoms with E-state index < -0.39 is 0 Å². The van der Waals surface area contributed by atoms with Gasteiger partial charge in [0.15, 0.2) is 5.96 Å². The summed E-state index contributed by atoms with van der Waals surface area (Å²) in [6.07, 6.45) is 10.2. The van der Waals surface area contributed by atoms with Crippen LogP contribution < -0.4 is 5.32 Å². The zero-order valence-corrected chi connectivity index (χ0v) is 20.3. The number of aliphatic imine (C=N–C) groups is 1. The van der Waals surface area contributed by atoms with Gasteiger partial charge < -0.3 is 10.2 Å². The van der Waals surface area contributed by atoms with Crippen molar-refractivity contribution in [3.8, 4) is 5.69 Å². The highest BCUT2D eigenvalue weighted by atomic mass is 127. The number of guanidine groups is 1. The molecule has 3 heterocycles. The number of likely N-dealkylation sites (tertiary alicyclic amines) is 1. The molecule has 1 unspecified atom stereocenters. The summed E-state index contributed by atoms with van der Waals surface area (Å²) in [7, 11) is 3.80. The summed E-state index contributed by atoms with van der Waals surface area (Å²) in [5, 5.41) is 12.9. The standard InChI is InChI=1S/C21H26ClN7.HI/c1-23-21(28-8-7-16(14-28)9-17-11-25-27(2)13-17)24-10-18-12-26-29(15-18)20-5-3-19(22)4-6-20;/h3-6,11-13,15-16H,7-10,14H2,1-2H3,(H,23,24);1H. The van der Waals surface area contributed by atoms with Crippen LogP contribution in [0.5, 0.6) is 0 Å². The molecule has 1 aliphatic rings. The van der Waals surface area contributed by atoms with E-state index in [-0.39, 0.29) is 24.0 Å². The van der Waals surface area contributed by atoms with Crippen molar-refractivity contribution < 1.29 is 0 Å². The second-order valence-electron chi connectivity index (χ2n) is 7.50. The molecule has 1 fully saturated rings. The average Bonchev–Trinajstić information content (AvgIpc) is 3.46. The zero-order valence-electron chi connectivity index (χ0n) is 17.2. The Morgan fingerprint density at radius 1 is 1.17 bits per heavy atom. The molecule has 1 atom stereocenters.